The lowest BCUT2D eigenvalue weighted by Crippen LogP contribution is -1.87. The van der Waals surface area contributed by atoms with Crippen LogP contribution in [0.1, 0.15) is 0 Å². The van der Waals surface area contributed by atoms with E-state index < -0.39 is 15.6 Å². The number of hydrogen-bond acceptors (Lipinski definition) is 3. The van der Waals surface area contributed by atoms with Gasteiger partial charge in [0.1, 0.15) is 0 Å². The Hall–Kier alpha value is -1.54. The Morgan fingerprint density at radius 3 is 1.00 bits per heavy atom. The van der Waals surface area contributed by atoms with Crippen molar-refractivity contribution in [1.29, 1.82) is 0 Å². The second-order valence-electron chi connectivity index (χ2n) is 3.88. The largest absolute Gasteiger partial charge is 0.466 e. The van der Waals surface area contributed by atoms with Crippen molar-refractivity contribution >= 4 is 27.0 Å². The molecule has 0 bridgehead atoms. The van der Waals surface area contributed by atoms with Crippen LogP contribution in [0.15, 0.2) is 60.7 Å². The van der Waals surface area contributed by atoms with Gasteiger partial charge in [-0.15, -0.1) is 0 Å². The van der Waals surface area contributed by atoms with Crippen LogP contribution in [0.3, 0.4) is 0 Å². The van der Waals surface area contributed by atoms with Gasteiger partial charge < -0.3 is 34.7 Å². The molecular weight excluding hydrogens is 348 g/mol. The van der Waals surface area contributed by atoms with Crippen molar-refractivity contribution in [3.8, 4) is 0 Å². The molecule has 0 radical (unpaired) electrons. The van der Waals surface area contributed by atoms with Gasteiger partial charge in [0.05, 0.1) is 0 Å². The lowest BCUT2D eigenvalue weighted by atomic mass is 10.3. The van der Waals surface area contributed by atoms with Crippen LogP contribution in [0.2, 0.25) is 0 Å². The van der Waals surface area contributed by atoms with Crippen LogP contribution in [0, 0.1) is 0 Å². The average molecular weight is 365 g/mol. The molecule has 0 spiro atoms. The first-order valence-corrected chi connectivity index (χ1v) is 9.02. The molecule has 7 N–H and O–H groups in total. The average Bonchev–Trinajstić information content (AvgIpc) is 2.37. The summed E-state index contributed by atoms with van der Waals surface area (Å²) in [6, 6.07) is 20.3. The molecule has 0 saturated heterocycles. The Morgan fingerprint density at radius 2 is 0.783 bits per heavy atom. The fraction of sp³-hybridized carbons (Fsp3) is 0. The first kappa shape index (κ1) is 21.5. The zero-order valence-corrected chi connectivity index (χ0v) is 13.5. The number of phosphoric acid groups is 2. The molecule has 2 rings (SSSR count). The molecule has 23 heavy (non-hydrogen) atoms. The molecule has 11 heteroatoms. The van der Waals surface area contributed by atoms with Crippen LogP contribution in [-0.4, -0.2) is 29.4 Å². The summed E-state index contributed by atoms with van der Waals surface area (Å²) in [4.78, 5) is 43.1. The van der Waals surface area contributed by atoms with Crippen LogP contribution in [0.4, 0.5) is 11.4 Å². The predicted molar refractivity (Wildman–Crippen MR) is 84.7 cm³/mol. The van der Waals surface area contributed by atoms with Gasteiger partial charge >= 0.3 is 15.6 Å². The Kier molecular flexibility index (Phi) is 9.59. The zero-order valence-electron chi connectivity index (χ0n) is 11.7. The molecule has 0 aliphatic rings. The van der Waals surface area contributed by atoms with Gasteiger partial charge in [0, 0.05) is 11.4 Å². The summed E-state index contributed by atoms with van der Waals surface area (Å²) in [6.45, 7) is 0. The van der Waals surface area contributed by atoms with Crippen LogP contribution < -0.4 is 5.32 Å². The minimum absolute atomic E-state index is 1.12. The van der Waals surface area contributed by atoms with Gasteiger partial charge in [0.2, 0.25) is 0 Å². The highest BCUT2D eigenvalue weighted by molar-refractivity contribution is 7.45. The van der Waals surface area contributed by atoms with Gasteiger partial charge in [-0.1, -0.05) is 36.4 Å². The Balaban J connectivity index is 0.000000406. The van der Waals surface area contributed by atoms with Crippen molar-refractivity contribution in [2.75, 3.05) is 5.32 Å². The molecule has 0 aliphatic carbocycles. The molecule has 0 unspecified atom stereocenters. The summed E-state index contributed by atoms with van der Waals surface area (Å²) in [5.74, 6) is 0. The number of para-hydroxylation sites is 2. The zero-order chi connectivity index (χ0) is 17.9. The third-order valence-corrected chi connectivity index (χ3v) is 1.84. The third-order valence-electron chi connectivity index (χ3n) is 1.84. The van der Waals surface area contributed by atoms with E-state index in [4.69, 9.17) is 38.5 Å². The molecule has 2 aromatic carbocycles. The third kappa shape index (κ3) is 20.5. The second-order valence-corrected chi connectivity index (χ2v) is 5.94. The summed E-state index contributed by atoms with van der Waals surface area (Å²) in [5.41, 5.74) is 2.24. The van der Waals surface area contributed by atoms with E-state index in [2.05, 4.69) is 5.32 Å². The predicted octanol–water partition coefficient (Wildman–Crippen LogP) is 1.57. The second kappa shape index (κ2) is 10.3. The molecule has 0 aromatic heterocycles. The van der Waals surface area contributed by atoms with E-state index in [1.807, 2.05) is 60.7 Å². The summed E-state index contributed by atoms with van der Waals surface area (Å²) >= 11 is 0. The minimum atomic E-state index is -4.64. The van der Waals surface area contributed by atoms with E-state index in [1.54, 1.807) is 0 Å². The summed E-state index contributed by atoms with van der Waals surface area (Å²) < 4.78 is 17.8. The van der Waals surface area contributed by atoms with E-state index in [0.29, 0.717) is 0 Å². The van der Waals surface area contributed by atoms with Gasteiger partial charge in [0.25, 0.3) is 0 Å². The molecule has 0 amide bonds. The maximum absolute atomic E-state index is 8.88. The maximum Gasteiger partial charge on any atom is 0.466 e. The molecule has 0 aliphatic heterocycles. The van der Waals surface area contributed by atoms with Gasteiger partial charge in [-0.3, -0.25) is 0 Å². The molecule has 2 aromatic rings. The quantitative estimate of drug-likeness (QED) is 0.391. The lowest BCUT2D eigenvalue weighted by Gasteiger charge is -2.04. The first-order chi connectivity index (χ1) is 10.4. The van der Waals surface area contributed by atoms with E-state index >= 15 is 0 Å². The van der Waals surface area contributed by atoms with Gasteiger partial charge in [-0.25, -0.2) is 9.13 Å². The van der Waals surface area contributed by atoms with Crippen molar-refractivity contribution in [1.82, 2.24) is 0 Å². The molecular formula is C12H17NO8P2. The standard InChI is InChI=1S/C12H11N.2H3O4P/c1-3-7-11(8-4-1)13-12-9-5-2-6-10-12;2*1-5(2,3)4/h1-10,13H;2*(H3,1,2,3,4). The Bertz CT molecular complexity index is 567. The minimum Gasteiger partial charge on any atom is -0.356 e. The highest BCUT2D eigenvalue weighted by atomic mass is 31.2. The number of benzene rings is 2. The van der Waals surface area contributed by atoms with Gasteiger partial charge in [-0.2, -0.15) is 0 Å². The molecule has 128 valence electrons. The fourth-order valence-corrected chi connectivity index (χ4v) is 1.21. The van der Waals surface area contributed by atoms with Crippen molar-refractivity contribution < 1.29 is 38.5 Å². The fourth-order valence-electron chi connectivity index (χ4n) is 1.21. The molecule has 0 fully saturated rings. The van der Waals surface area contributed by atoms with Crippen LogP contribution in [-0.2, 0) is 9.13 Å². The molecule has 0 saturated carbocycles. The van der Waals surface area contributed by atoms with Crippen molar-refractivity contribution in [3.05, 3.63) is 60.7 Å². The number of nitrogens with one attached hydrogen (secondary N) is 1. The van der Waals surface area contributed by atoms with Crippen molar-refractivity contribution in [2.45, 2.75) is 0 Å². The van der Waals surface area contributed by atoms with Crippen molar-refractivity contribution in [2.24, 2.45) is 0 Å². The highest BCUT2D eigenvalue weighted by Gasteiger charge is 2.00. The van der Waals surface area contributed by atoms with Gasteiger partial charge in [0.15, 0.2) is 0 Å². The topological polar surface area (TPSA) is 168 Å². The number of hydrogen-bond donors (Lipinski definition) is 7. The van der Waals surface area contributed by atoms with Crippen molar-refractivity contribution in [3.63, 3.8) is 0 Å². The lowest BCUT2D eigenvalue weighted by molar-refractivity contribution is 0.272. The number of rotatable bonds is 2. The molecule has 9 nitrogen and oxygen atoms in total. The Labute approximate surface area is 132 Å². The van der Waals surface area contributed by atoms with Crippen LogP contribution in [0.25, 0.3) is 0 Å². The number of anilines is 2. The first-order valence-electron chi connectivity index (χ1n) is 5.89. The van der Waals surface area contributed by atoms with Crippen LogP contribution in [0.5, 0.6) is 0 Å². The Morgan fingerprint density at radius 1 is 0.565 bits per heavy atom. The molecule has 0 heterocycles. The van der Waals surface area contributed by atoms with E-state index in [9.17, 15) is 0 Å². The highest BCUT2D eigenvalue weighted by Crippen LogP contribution is 2.26. The summed E-state index contributed by atoms with van der Waals surface area (Å²) in [6.07, 6.45) is 0. The van der Waals surface area contributed by atoms with E-state index in [-0.39, 0.29) is 0 Å². The summed E-state index contributed by atoms with van der Waals surface area (Å²) in [7, 11) is -9.28. The van der Waals surface area contributed by atoms with Crippen LogP contribution >= 0.6 is 15.6 Å². The molecule has 0 atom stereocenters. The monoisotopic (exact) mass is 365 g/mol. The van der Waals surface area contributed by atoms with E-state index in [0.717, 1.165) is 11.4 Å². The smallest absolute Gasteiger partial charge is 0.356 e. The summed E-state index contributed by atoms with van der Waals surface area (Å²) in [5, 5.41) is 3.30. The maximum atomic E-state index is 8.88. The van der Waals surface area contributed by atoms with Gasteiger partial charge in [-0.05, 0) is 24.3 Å². The van der Waals surface area contributed by atoms with E-state index in [1.165, 1.54) is 0 Å². The normalized spacial score (nSPS) is 10.5. The SMILES string of the molecule is O=P(O)(O)O.O=P(O)(O)O.c1ccc(Nc2ccccc2)cc1.